The van der Waals surface area contributed by atoms with Crippen molar-refractivity contribution in [1.29, 1.82) is 0 Å². The van der Waals surface area contributed by atoms with Gasteiger partial charge < -0.3 is 29.5 Å². The molecule has 0 aliphatic carbocycles. The molecular formula is C27H32F3N7O3. The van der Waals surface area contributed by atoms with Crippen LogP contribution in [0.2, 0.25) is 0 Å². The molecule has 1 aromatic carbocycles. The highest BCUT2D eigenvalue weighted by atomic mass is 19.2. The Morgan fingerprint density at radius 3 is 2.48 bits per heavy atom. The fourth-order valence-corrected chi connectivity index (χ4v) is 5.81. The van der Waals surface area contributed by atoms with Crippen molar-refractivity contribution in [1.82, 2.24) is 20.1 Å². The minimum Gasteiger partial charge on any atom is -0.487 e. The molecule has 10 nitrogen and oxygen atoms in total. The molecule has 0 unspecified atom stereocenters. The second-order valence-corrected chi connectivity index (χ2v) is 10.8. The zero-order chi connectivity index (χ0) is 27.8. The van der Waals surface area contributed by atoms with Crippen molar-refractivity contribution in [3.63, 3.8) is 0 Å². The van der Waals surface area contributed by atoms with Crippen molar-refractivity contribution in [3.05, 3.63) is 53.4 Å². The first-order chi connectivity index (χ1) is 19.4. The summed E-state index contributed by atoms with van der Waals surface area (Å²) in [6, 6.07) is 1.49. The van der Waals surface area contributed by atoms with Crippen LogP contribution >= 0.6 is 0 Å². The van der Waals surface area contributed by atoms with E-state index in [1.807, 2.05) is 6.92 Å². The van der Waals surface area contributed by atoms with E-state index in [1.165, 1.54) is 0 Å². The highest BCUT2D eigenvalue weighted by Crippen LogP contribution is 2.33. The largest absolute Gasteiger partial charge is 0.487 e. The van der Waals surface area contributed by atoms with Crippen LogP contribution in [0.5, 0.6) is 5.75 Å². The third kappa shape index (κ3) is 5.44. The van der Waals surface area contributed by atoms with Crippen LogP contribution in [0.3, 0.4) is 0 Å². The molecule has 3 aliphatic rings. The summed E-state index contributed by atoms with van der Waals surface area (Å²) in [5.74, 6) is -1.74. The van der Waals surface area contributed by atoms with E-state index >= 15 is 0 Å². The van der Waals surface area contributed by atoms with Crippen LogP contribution in [0.4, 0.5) is 25.1 Å². The van der Waals surface area contributed by atoms with Gasteiger partial charge in [0.25, 0.3) is 0 Å². The first kappa shape index (κ1) is 26.8. The number of anilines is 2. The van der Waals surface area contributed by atoms with Gasteiger partial charge in [-0.25, -0.2) is 23.1 Å². The average molecular weight is 560 g/mol. The Morgan fingerprint density at radius 1 is 1.00 bits per heavy atom. The highest BCUT2D eigenvalue weighted by Gasteiger charge is 2.35. The maximum absolute atomic E-state index is 14.3. The zero-order valence-corrected chi connectivity index (χ0v) is 22.2. The second kappa shape index (κ2) is 11.2. The molecule has 3 fully saturated rings. The van der Waals surface area contributed by atoms with Crippen molar-refractivity contribution >= 4 is 12.0 Å². The van der Waals surface area contributed by atoms with E-state index in [0.29, 0.717) is 42.1 Å². The number of piperidine rings is 1. The average Bonchev–Trinajstić information content (AvgIpc) is 3.73. The molecule has 6 rings (SSSR count). The third-order valence-electron chi connectivity index (χ3n) is 8.15. The minimum absolute atomic E-state index is 0.0519. The quantitative estimate of drug-likeness (QED) is 0.429. The topological polar surface area (TPSA) is 116 Å². The van der Waals surface area contributed by atoms with Crippen LogP contribution in [0, 0.1) is 23.4 Å². The molecule has 2 N–H and O–H groups in total. The lowest BCUT2D eigenvalue weighted by Gasteiger charge is -2.33. The number of hydrogen-bond donors (Lipinski definition) is 1. The Kier molecular flexibility index (Phi) is 7.49. The molecule has 3 saturated heterocycles. The van der Waals surface area contributed by atoms with E-state index in [-0.39, 0.29) is 24.3 Å². The summed E-state index contributed by atoms with van der Waals surface area (Å²) in [6.07, 6.45) is 6.84. The van der Waals surface area contributed by atoms with Crippen LogP contribution in [-0.2, 0) is 4.74 Å². The summed E-state index contributed by atoms with van der Waals surface area (Å²) in [6.45, 7) is 4.99. The van der Waals surface area contributed by atoms with Crippen LogP contribution in [-0.4, -0.2) is 65.0 Å². The monoisotopic (exact) mass is 559 g/mol. The van der Waals surface area contributed by atoms with Gasteiger partial charge in [-0.15, -0.1) is 0 Å². The summed E-state index contributed by atoms with van der Waals surface area (Å²) < 4.78 is 58.7. The molecule has 5 heterocycles. The summed E-state index contributed by atoms with van der Waals surface area (Å²) in [5, 5.41) is 4.11. The lowest BCUT2D eigenvalue weighted by molar-refractivity contribution is 0.103. The van der Waals surface area contributed by atoms with Gasteiger partial charge in [-0.05, 0) is 50.2 Å². The molecule has 3 aromatic rings. The normalized spacial score (nSPS) is 24.6. The van der Waals surface area contributed by atoms with Gasteiger partial charge in [0, 0.05) is 50.8 Å². The number of nitrogens with zero attached hydrogens (tertiary/aromatic N) is 6. The molecule has 0 spiro atoms. The predicted octanol–water partition coefficient (Wildman–Crippen LogP) is 3.74. The van der Waals surface area contributed by atoms with E-state index in [2.05, 4.69) is 25.0 Å². The summed E-state index contributed by atoms with van der Waals surface area (Å²) in [7, 11) is 0. The molecule has 13 heteroatoms. The number of benzene rings is 1. The number of aromatic nitrogens is 4. The van der Waals surface area contributed by atoms with Gasteiger partial charge in [-0.3, -0.25) is 0 Å². The summed E-state index contributed by atoms with van der Waals surface area (Å²) in [5.41, 5.74) is 6.28. The molecular weight excluding hydrogens is 527 g/mol. The maximum atomic E-state index is 14.3. The lowest BCUT2D eigenvalue weighted by atomic mass is 9.92. The number of rotatable bonds is 7. The smallest absolute Gasteiger partial charge is 0.324 e. The molecule has 40 heavy (non-hydrogen) atoms. The van der Waals surface area contributed by atoms with Gasteiger partial charge in [0.1, 0.15) is 11.9 Å². The van der Waals surface area contributed by atoms with Gasteiger partial charge in [-0.2, -0.15) is 4.98 Å². The Balaban J connectivity index is 1.01. The van der Waals surface area contributed by atoms with Crippen LogP contribution in [0.1, 0.15) is 56.0 Å². The molecule has 0 saturated carbocycles. The van der Waals surface area contributed by atoms with E-state index in [4.69, 9.17) is 19.7 Å². The molecule has 0 bridgehead atoms. The first-order valence-electron chi connectivity index (χ1n) is 13.7. The fourth-order valence-electron chi connectivity index (χ4n) is 5.81. The molecule has 214 valence electrons. The SMILES string of the molecule is C[C@H](Oc1cnc(N2C[C@H](c3cc(F)c(F)cc3F)[C@@H](N)C2)nc1)C1CCN(c2nc([C@@H]3CCCO3)no2)CC1. The Hall–Kier alpha value is -3.45. The number of ether oxygens (including phenoxy) is 2. The predicted molar refractivity (Wildman–Crippen MR) is 139 cm³/mol. The first-order valence-corrected chi connectivity index (χ1v) is 13.7. The van der Waals surface area contributed by atoms with E-state index in [9.17, 15) is 13.2 Å². The lowest BCUT2D eigenvalue weighted by Crippen LogP contribution is -2.38. The minimum atomic E-state index is -1.22. The van der Waals surface area contributed by atoms with E-state index < -0.39 is 29.4 Å². The van der Waals surface area contributed by atoms with E-state index in [0.717, 1.165) is 51.4 Å². The van der Waals surface area contributed by atoms with Gasteiger partial charge in [-0.1, -0.05) is 5.16 Å². The van der Waals surface area contributed by atoms with Crippen LogP contribution < -0.4 is 20.3 Å². The van der Waals surface area contributed by atoms with Crippen LogP contribution in [0.15, 0.2) is 29.0 Å². The van der Waals surface area contributed by atoms with E-state index in [1.54, 1.807) is 17.3 Å². The van der Waals surface area contributed by atoms with Crippen molar-refractivity contribution < 1.29 is 27.2 Å². The zero-order valence-electron chi connectivity index (χ0n) is 22.2. The van der Waals surface area contributed by atoms with Crippen molar-refractivity contribution in [2.24, 2.45) is 11.7 Å². The Bertz CT molecular complexity index is 1310. The summed E-state index contributed by atoms with van der Waals surface area (Å²) >= 11 is 0. The van der Waals surface area contributed by atoms with Crippen molar-refractivity contribution in [3.8, 4) is 5.75 Å². The standard InChI is InChI=1S/C27H32F3N7O3/c1-15(16-4-6-36(7-5-16)27-34-25(35-40-27)24-3-2-8-38-24)39-17-11-32-26(33-12-17)37-13-19(23(31)14-37)18-9-21(29)22(30)10-20(18)28/h9-12,15-16,19,23-24H,2-8,13-14,31H2,1H3/t15-,19+,23-,24-/m0/s1. The van der Waals surface area contributed by atoms with Crippen LogP contribution in [0.25, 0.3) is 0 Å². The van der Waals surface area contributed by atoms with Gasteiger partial charge in [0.05, 0.1) is 18.5 Å². The fraction of sp³-hybridized carbons (Fsp3) is 0.556. The third-order valence-corrected chi connectivity index (χ3v) is 8.15. The second-order valence-electron chi connectivity index (χ2n) is 10.8. The van der Waals surface area contributed by atoms with Gasteiger partial charge in [0.2, 0.25) is 11.8 Å². The number of nitrogens with two attached hydrogens (primary N) is 1. The molecule has 0 radical (unpaired) electrons. The summed E-state index contributed by atoms with van der Waals surface area (Å²) in [4.78, 5) is 17.3. The number of hydrogen-bond acceptors (Lipinski definition) is 10. The van der Waals surface area contributed by atoms with Crippen molar-refractivity contribution in [2.75, 3.05) is 42.6 Å². The molecule has 3 aliphatic heterocycles. The number of halogens is 3. The molecule has 4 atom stereocenters. The highest BCUT2D eigenvalue weighted by molar-refractivity contribution is 5.39. The Morgan fingerprint density at radius 2 is 1.75 bits per heavy atom. The van der Waals surface area contributed by atoms with Gasteiger partial charge in [0.15, 0.2) is 17.4 Å². The Labute approximate surface area is 229 Å². The molecule has 2 aromatic heterocycles. The maximum Gasteiger partial charge on any atom is 0.324 e. The van der Waals surface area contributed by atoms with Crippen molar-refractivity contribution in [2.45, 2.75) is 56.8 Å². The molecule has 0 amide bonds. The van der Waals surface area contributed by atoms with Gasteiger partial charge >= 0.3 is 6.01 Å².